The molecule has 0 saturated heterocycles. The Kier molecular flexibility index (Phi) is 2.77. The number of carboxylic acid groups (broad SMARTS) is 1. The third-order valence-corrected chi connectivity index (χ3v) is 2.23. The molecule has 0 fully saturated rings. The van der Waals surface area contributed by atoms with Crippen LogP contribution in [0.1, 0.15) is 10.5 Å². The first-order chi connectivity index (χ1) is 5.52. The molecule has 0 amide bonds. The Morgan fingerprint density at radius 3 is 2.42 bits per heavy atom. The fourth-order valence-corrected chi connectivity index (χ4v) is 1.10. The standard InChI is InChI=1S/C6H2Cl3NO2/c7-2-1-3(6(11)12)10-5(9)4(2)8/h1H,(H,11,12)/p-1. The highest BCUT2D eigenvalue weighted by atomic mass is 35.5. The third-order valence-electron chi connectivity index (χ3n) is 1.08. The number of carbonyl (C=O) groups excluding carboxylic acids is 1. The average Bonchev–Trinajstić information content (AvgIpc) is 1.99. The van der Waals surface area contributed by atoms with Crippen molar-refractivity contribution in [2.45, 2.75) is 0 Å². The molecule has 0 saturated carbocycles. The lowest BCUT2D eigenvalue weighted by molar-refractivity contribution is -0.255. The van der Waals surface area contributed by atoms with E-state index in [9.17, 15) is 9.90 Å². The lowest BCUT2D eigenvalue weighted by Gasteiger charge is -2.03. The van der Waals surface area contributed by atoms with Gasteiger partial charge in [0.15, 0.2) is 0 Å². The van der Waals surface area contributed by atoms with Gasteiger partial charge in [-0.25, -0.2) is 4.98 Å². The second-order valence-corrected chi connectivity index (χ2v) is 3.02. The summed E-state index contributed by atoms with van der Waals surface area (Å²) in [5.74, 6) is -1.45. The second kappa shape index (κ2) is 3.47. The predicted molar refractivity (Wildman–Crippen MR) is 43.6 cm³/mol. The predicted octanol–water partition coefficient (Wildman–Crippen LogP) is 1.41. The topological polar surface area (TPSA) is 53.0 Å². The van der Waals surface area contributed by atoms with Crippen molar-refractivity contribution in [2.24, 2.45) is 0 Å². The van der Waals surface area contributed by atoms with Crippen molar-refractivity contribution < 1.29 is 9.90 Å². The highest BCUT2D eigenvalue weighted by Gasteiger charge is 2.07. The van der Waals surface area contributed by atoms with Crippen LogP contribution in [0.5, 0.6) is 0 Å². The van der Waals surface area contributed by atoms with E-state index in [2.05, 4.69) is 4.98 Å². The highest BCUT2D eigenvalue weighted by molar-refractivity contribution is 6.47. The van der Waals surface area contributed by atoms with Crippen LogP contribution in [-0.4, -0.2) is 11.0 Å². The fraction of sp³-hybridized carbons (Fsp3) is 0. The zero-order valence-electron chi connectivity index (χ0n) is 5.47. The molecular formula is C6HCl3NO2-. The molecule has 1 heterocycles. The Morgan fingerprint density at radius 2 is 2.00 bits per heavy atom. The first-order valence-electron chi connectivity index (χ1n) is 2.75. The van der Waals surface area contributed by atoms with Gasteiger partial charge in [-0.05, 0) is 6.07 Å². The van der Waals surface area contributed by atoms with Crippen LogP contribution in [0.2, 0.25) is 15.2 Å². The van der Waals surface area contributed by atoms with E-state index in [1.54, 1.807) is 0 Å². The maximum absolute atomic E-state index is 10.3. The summed E-state index contributed by atoms with van der Waals surface area (Å²) >= 11 is 16.5. The number of hydrogen-bond acceptors (Lipinski definition) is 3. The summed E-state index contributed by atoms with van der Waals surface area (Å²) in [7, 11) is 0. The number of pyridine rings is 1. The second-order valence-electron chi connectivity index (χ2n) is 1.88. The summed E-state index contributed by atoms with van der Waals surface area (Å²) in [5.41, 5.74) is -0.339. The monoisotopic (exact) mass is 224 g/mol. The van der Waals surface area contributed by atoms with Gasteiger partial charge in [-0.1, -0.05) is 34.8 Å². The van der Waals surface area contributed by atoms with Crippen molar-refractivity contribution in [3.05, 3.63) is 27.0 Å². The molecule has 1 aromatic rings. The van der Waals surface area contributed by atoms with Crippen LogP contribution in [0, 0.1) is 0 Å². The van der Waals surface area contributed by atoms with Crippen LogP contribution in [0.3, 0.4) is 0 Å². The number of nitrogens with zero attached hydrogens (tertiary/aromatic N) is 1. The van der Waals surface area contributed by atoms with Gasteiger partial charge in [-0.2, -0.15) is 0 Å². The maximum atomic E-state index is 10.3. The van der Waals surface area contributed by atoms with E-state index in [0.29, 0.717) is 0 Å². The van der Waals surface area contributed by atoms with Crippen LogP contribution in [0.4, 0.5) is 0 Å². The molecule has 0 aromatic carbocycles. The molecule has 0 bridgehead atoms. The van der Waals surface area contributed by atoms with Crippen molar-refractivity contribution in [1.29, 1.82) is 0 Å². The Labute approximate surface area is 82.9 Å². The number of hydrogen-bond donors (Lipinski definition) is 0. The quantitative estimate of drug-likeness (QED) is 0.679. The molecular weight excluding hydrogens is 224 g/mol. The Bertz CT molecular complexity index is 317. The van der Waals surface area contributed by atoms with Crippen LogP contribution in [0.15, 0.2) is 6.07 Å². The van der Waals surface area contributed by atoms with Gasteiger partial charge in [0.25, 0.3) is 0 Å². The maximum Gasteiger partial charge on any atom is 0.149 e. The normalized spacial score (nSPS) is 9.92. The largest absolute Gasteiger partial charge is 0.543 e. The summed E-state index contributed by atoms with van der Waals surface area (Å²) in [4.78, 5) is 13.7. The summed E-state index contributed by atoms with van der Waals surface area (Å²) in [6.07, 6.45) is 0. The molecule has 1 rings (SSSR count). The van der Waals surface area contributed by atoms with E-state index in [0.717, 1.165) is 6.07 Å². The molecule has 0 radical (unpaired) electrons. The summed E-state index contributed by atoms with van der Waals surface area (Å²) in [6, 6.07) is 1.07. The fourth-order valence-electron chi connectivity index (χ4n) is 0.574. The summed E-state index contributed by atoms with van der Waals surface area (Å²) < 4.78 is 0. The molecule has 0 aliphatic heterocycles. The molecule has 0 aliphatic rings. The molecule has 0 spiro atoms. The van der Waals surface area contributed by atoms with Crippen molar-refractivity contribution >= 4 is 40.8 Å². The van der Waals surface area contributed by atoms with Gasteiger partial charge < -0.3 is 9.90 Å². The molecule has 6 heteroatoms. The molecule has 64 valence electrons. The number of halogens is 3. The lowest BCUT2D eigenvalue weighted by Crippen LogP contribution is -2.23. The number of carbonyl (C=O) groups is 1. The van der Waals surface area contributed by atoms with Gasteiger partial charge in [0, 0.05) is 0 Å². The minimum atomic E-state index is -1.45. The first kappa shape index (κ1) is 9.58. The van der Waals surface area contributed by atoms with E-state index in [4.69, 9.17) is 34.8 Å². The number of carboxylic acids is 1. The van der Waals surface area contributed by atoms with E-state index in [-0.39, 0.29) is 20.9 Å². The lowest BCUT2D eigenvalue weighted by atomic mass is 10.3. The number of aromatic carboxylic acids is 1. The minimum Gasteiger partial charge on any atom is -0.543 e. The zero-order chi connectivity index (χ0) is 9.30. The van der Waals surface area contributed by atoms with Crippen LogP contribution in [-0.2, 0) is 0 Å². The van der Waals surface area contributed by atoms with E-state index in [1.807, 2.05) is 0 Å². The molecule has 1 aromatic heterocycles. The van der Waals surface area contributed by atoms with Crippen molar-refractivity contribution in [2.75, 3.05) is 0 Å². The van der Waals surface area contributed by atoms with Crippen LogP contribution >= 0.6 is 34.8 Å². The van der Waals surface area contributed by atoms with E-state index in [1.165, 1.54) is 0 Å². The van der Waals surface area contributed by atoms with Crippen LogP contribution in [0.25, 0.3) is 0 Å². The van der Waals surface area contributed by atoms with Gasteiger partial charge in [0.05, 0.1) is 21.7 Å². The Hall–Kier alpha value is -0.510. The molecule has 0 N–H and O–H groups in total. The third kappa shape index (κ3) is 1.80. The van der Waals surface area contributed by atoms with Gasteiger partial charge >= 0.3 is 0 Å². The highest BCUT2D eigenvalue weighted by Crippen LogP contribution is 2.28. The first-order valence-corrected chi connectivity index (χ1v) is 3.88. The molecule has 0 atom stereocenters. The van der Waals surface area contributed by atoms with E-state index >= 15 is 0 Å². The van der Waals surface area contributed by atoms with Crippen molar-refractivity contribution in [1.82, 2.24) is 4.98 Å². The zero-order valence-corrected chi connectivity index (χ0v) is 7.74. The molecule has 0 aliphatic carbocycles. The summed E-state index contributed by atoms with van der Waals surface area (Å²) in [6.45, 7) is 0. The number of aromatic nitrogens is 1. The van der Waals surface area contributed by atoms with Gasteiger partial charge in [0.2, 0.25) is 0 Å². The Balaban J connectivity index is 3.31. The number of rotatable bonds is 1. The van der Waals surface area contributed by atoms with Crippen LogP contribution < -0.4 is 5.11 Å². The van der Waals surface area contributed by atoms with E-state index < -0.39 is 5.97 Å². The van der Waals surface area contributed by atoms with Crippen molar-refractivity contribution in [3.8, 4) is 0 Å². The smallest absolute Gasteiger partial charge is 0.149 e. The van der Waals surface area contributed by atoms with Gasteiger partial charge in [-0.3, -0.25) is 0 Å². The van der Waals surface area contributed by atoms with Gasteiger partial charge in [-0.15, -0.1) is 0 Å². The molecule has 3 nitrogen and oxygen atoms in total. The molecule has 0 unspecified atom stereocenters. The average molecular weight is 225 g/mol. The Morgan fingerprint density at radius 1 is 1.42 bits per heavy atom. The van der Waals surface area contributed by atoms with Gasteiger partial charge in [0.1, 0.15) is 5.15 Å². The SMILES string of the molecule is O=C([O-])c1cc(Cl)c(Cl)c(Cl)n1. The summed E-state index contributed by atoms with van der Waals surface area (Å²) in [5, 5.41) is 10.2. The minimum absolute atomic E-state index is 0.0309. The van der Waals surface area contributed by atoms with Crippen molar-refractivity contribution in [3.63, 3.8) is 0 Å². The molecule has 12 heavy (non-hydrogen) atoms.